The lowest BCUT2D eigenvalue weighted by atomic mass is 9.93. The maximum Gasteiger partial charge on any atom is 0.141 e. The van der Waals surface area contributed by atoms with Gasteiger partial charge in [0.1, 0.15) is 11.5 Å². The summed E-state index contributed by atoms with van der Waals surface area (Å²) in [7, 11) is 0. The van der Waals surface area contributed by atoms with Crippen LogP contribution in [-0.4, -0.2) is 16.8 Å². The number of anilines is 2. The monoisotopic (exact) mass is 377 g/mol. The summed E-state index contributed by atoms with van der Waals surface area (Å²) in [4.78, 5) is 0. The lowest BCUT2D eigenvalue weighted by Crippen LogP contribution is -2.08. The van der Waals surface area contributed by atoms with Crippen molar-refractivity contribution in [1.29, 1.82) is 0 Å². The summed E-state index contributed by atoms with van der Waals surface area (Å²) in [6.07, 6.45) is 2.55. The van der Waals surface area contributed by atoms with Crippen molar-refractivity contribution in [3.05, 3.63) is 46.8 Å². The zero-order chi connectivity index (χ0) is 20.0. The summed E-state index contributed by atoms with van der Waals surface area (Å²) in [6, 6.07) is 8.15. The number of aromatic nitrogens is 1. The number of aromatic hydroxyl groups is 1. The summed E-state index contributed by atoms with van der Waals surface area (Å²) in [6.45, 7) is 8.63. The van der Waals surface area contributed by atoms with Crippen molar-refractivity contribution in [3.63, 3.8) is 0 Å². The fourth-order valence-electron chi connectivity index (χ4n) is 3.81. The zero-order valence-electron chi connectivity index (χ0n) is 16.9. The summed E-state index contributed by atoms with van der Waals surface area (Å²) >= 11 is 0. The van der Waals surface area contributed by atoms with Gasteiger partial charge in [-0.05, 0) is 93.0 Å². The summed E-state index contributed by atoms with van der Waals surface area (Å²) < 4.78 is 5.37. The minimum Gasteiger partial charge on any atom is -0.507 e. The lowest BCUT2D eigenvalue weighted by molar-refractivity contribution is 0.393. The molecule has 1 fully saturated rings. The van der Waals surface area contributed by atoms with Crippen LogP contribution in [0.15, 0.2) is 28.8 Å². The molecule has 0 aliphatic heterocycles. The first-order valence-electron chi connectivity index (χ1n) is 9.76. The molecular weight excluding hydrogens is 350 g/mol. The third-order valence-corrected chi connectivity index (χ3v) is 5.56. The minimum atomic E-state index is 0.339. The van der Waals surface area contributed by atoms with Crippen LogP contribution in [0.25, 0.3) is 22.3 Å². The number of nitrogens with two attached hydrogens (primary N) is 1. The maximum absolute atomic E-state index is 10.2. The summed E-state index contributed by atoms with van der Waals surface area (Å²) in [5.41, 5.74) is 14.8. The van der Waals surface area contributed by atoms with Gasteiger partial charge >= 0.3 is 0 Å². The SMILES string of the molecule is Cc1cc(-c2cc(-c3c(C)noc3C)cc(N)c2NCC2CC2)cc(C)c1O. The fourth-order valence-corrected chi connectivity index (χ4v) is 3.81. The predicted molar refractivity (Wildman–Crippen MR) is 114 cm³/mol. The quantitative estimate of drug-likeness (QED) is 0.522. The van der Waals surface area contributed by atoms with E-state index in [1.54, 1.807) is 0 Å². The van der Waals surface area contributed by atoms with Gasteiger partial charge in [0, 0.05) is 17.7 Å². The molecule has 4 N–H and O–H groups in total. The van der Waals surface area contributed by atoms with E-state index in [4.69, 9.17) is 10.3 Å². The molecule has 0 spiro atoms. The molecule has 3 aromatic rings. The molecule has 5 heteroatoms. The van der Waals surface area contributed by atoms with Crippen LogP contribution in [0.3, 0.4) is 0 Å². The molecule has 28 heavy (non-hydrogen) atoms. The number of phenolic OH excluding ortho intramolecular Hbond substituents is 1. The molecular formula is C23H27N3O2. The first-order valence-corrected chi connectivity index (χ1v) is 9.76. The predicted octanol–water partition coefficient (Wildman–Crippen LogP) is 5.35. The average Bonchev–Trinajstić information content (AvgIpc) is 3.41. The Morgan fingerprint density at radius 3 is 2.32 bits per heavy atom. The van der Waals surface area contributed by atoms with E-state index in [1.165, 1.54) is 12.8 Å². The van der Waals surface area contributed by atoms with Crippen molar-refractivity contribution in [2.45, 2.75) is 40.5 Å². The van der Waals surface area contributed by atoms with Gasteiger partial charge in [-0.15, -0.1) is 0 Å². The van der Waals surface area contributed by atoms with Crippen LogP contribution < -0.4 is 11.1 Å². The van der Waals surface area contributed by atoms with Crippen molar-refractivity contribution in [2.24, 2.45) is 5.92 Å². The Morgan fingerprint density at radius 2 is 1.75 bits per heavy atom. The molecule has 4 rings (SSSR count). The Hall–Kier alpha value is -2.95. The molecule has 0 unspecified atom stereocenters. The molecule has 0 atom stereocenters. The molecule has 1 aliphatic rings. The molecule has 5 nitrogen and oxygen atoms in total. The Labute approximate surface area is 165 Å². The molecule has 2 aromatic carbocycles. The van der Waals surface area contributed by atoms with Gasteiger partial charge in [-0.3, -0.25) is 0 Å². The number of aryl methyl sites for hydroxylation is 4. The van der Waals surface area contributed by atoms with Gasteiger partial charge in [0.15, 0.2) is 0 Å². The molecule has 0 radical (unpaired) electrons. The van der Waals surface area contributed by atoms with E-state index in [0.29, 0.717) is 11.4 Å². The number of nitrogens with zero attached hydrogens (tertiary/aromatic N) is 1. The standard InChI is InChI=1S/C23H27N3O2/c1-12-7-17(8-13(2)23(12)27)19-9-18(21-14(3)26-28-15(21)4)10-20(24)22(19)25-11-16-5-6-16/h7-10,16,25,27H,5-6,11,24H2,1-4H3. The second-order valence-electron chi connectivity index (χ2n) is 7.97. The molecule has 1 saturated carbocycles. The van der Waals surface area contributed by atoms with Crippen LogP contribution in [0, 0.1) is 33.6 Å². The third kappa shape index (κ3) is 3.33. The molecule has 1 heterocycles. The number of phenols is 1. The number of hydrogen-bond donors (Lipinski definition) is 3. The Kier molecular flexibility index (Phi) is 4.53. The average molecular weight is 377 g/mol. The smallest absolute Gasteiger partial charge is 0.141 e. The van der Waals surface area contributed by atoms with Gasteiger partial charge in [-0.1, -0.05) is 5.16 Å². The van der Waals surface area contributed by atoms with E-state index < -0.39 is 0 Å². The van der Waals surface area contributed by atoms with E-state index in [9.17, 15) is 5.11 Å². The van der Waals surface area contributed by atoms with Crippen molar-refractivity contribution in [2.75, 3.05) is 17.6 Å². The molecule has 0 saturated heterocycles. The highest BCUT2D eigenvalue weighted by atomic mass is 16.5. The van der Waals surface area contributed by atoms with Gasteiger partial charge < -0.3 is 20.7 Å². The fraction of sp³-hybridized carbons (Fsp3) is 0.348. The van der Waals surface area contributed by atoms with E-state index >= 15 is 0 Å². The number of rotatable bonds is 5. The number of nitrogen functional groups attached to an aromatic ring is 1. The molecule has 146 valence electrons. The van der Waals surface area contributed by atoms with Crippen molar-refractivity contribution >= 4 is 11.4 Å². The zero-order valence-corrected chi connectivity index (χ0v) is 16.9. The van der Waals surface area contributed by atoms with E-state index in [-0.39, 0.29) is 0 Å². The number of benzene rings is 2. The summed E-state index contributed by atoms with van der Waals surface area (Å²) in [5.74, 6) is 1.85. The van der Waals surface area contributed by atoms with Crippen LogP contribution in [0.1, 0.15) is 35.4 Å². The lowest BCUT2D eigenvalue weighted by Gasteiger charge is -2.18. The van der Waals surface area contributed by atoms with Crippen molar-refractivity contribution < 1.29 is 9.63 Å². The second kappa shape index (κ2) is 6.89. The van der Waals surface area contributed by atoms with Crippen molar-refractivity contribution in [1.82, 2.24) is 5.16 Å². The van der Waals surface area contributed by atoms with Crippen LogP contribution in [-0.2, 0) is 0 Å². The Morgan fingerprint density at radius 1 is 1.07 bits per heavy atom. The van der Waals surface area contributed by atoms with Gasteiger partial charge in [0.05, 0.1) is 17.1 Å². The van der Waals surface area contributed by atoms with E-state index in [0.717, 1.165) is 63.0 Å². The van der Waals surface area contributed by atoms with Gasteiger partial charge in [-0.25, -0.2) is 0 Å². The van der Waals surface area contributed by atoms with Gasteiger partial charge in [-0.2, -0.15) is 0 Å². The largest absolute Gasteiger partial charge is 0.507 e. The van der Waals surface area contributed by atoms with Crippen LogP contribution >= 0.6 is 0 Å². The molecule has 0 bridgehead atoms. The number of nitrogens with one attached hydrogen (secondary N) is 1. The maximum atomic E-state index is 10.2. The first-order chi connectivity index (χ1) is 13.3. The van der Waals surface area contributed by atoms with Gasteiger partial charge in [0.25, 0.3) is 0 Å². The minimum absolute atomic E-state index is 0.339. The van der Waals surface area contributed by atoms with Crippen molar-refractivity contribution in [3.8, 4) is 28.0 Å². The molecule has 1 aliphatic carbocycles. The van der Waals surface area contributed by atoms with Crippen LogP contribution in [0.4, 0.5) is 11.4 Å². The number of hydrogen-bond acceptors (Lipinski definition) is 5. The Bertz CT molecular complexity index is 1010. The van der Waals surface area contributed by atoms with Gasteiger partial charge in [0.2, 0.25) is 0 Å². The normalized spacial score (nSPS) is 13.7. The van der Waals surface area contributed by atoms with E-state index in [1.807, 2.05) is 45.9 Å². The Balaban J connectivity index is 1.89. The highest BCUT2D eigenvalue weighted by molar-refractivity contribution is 5.92. The second-order valence-corrected chi connectivity index (χ2v) is 7.97. The summed E-state index contributed by atoms with van der Waals surface area (Å²) in [5, 5.41) is 17.9. The van der Waals surface area contributed by atoms with Crippen LogP contribution in [0.2, 0.25) is 0 Å². The molecule has 1 aromatic heterocycles. The highest BCUT2D eigenvalue weighted by Gasteiger charge is 2.23. The third-order valence-electron chi connectivity index (χ3n) is 5.56. The highest BCUT2D eigenvalue weighted by Crippen LogP contribution is 2.41. The topological polar surface area (TPSA) is 84.3 Å². The van der Waals surface area contributed by atoms with E-state index in [2.05, 4.69) is 16.5 Å². The van der Waals surface area contributed by atoms with Crippen LogP contribution in [0.5, 0.6) is 5.75 Å². The molecule has 0 amide bonds. The first kappa shape index (κ1) is 18.4.